The van der Waals surface area contributed by atoms with Gasteiger partial charge in [0.1, 0.15) is 5.78 Å². The lowest BCUT2D eigenvalue weighted by Gasteiger charge is -2.40. The predicted octanol–water partition coefficient (Wildman–Crippen LogP) is 1.90. The maximum absolute atomic E-state index is 12.0. The van der Waals surface area contributed by atoms with E-state index in [1.54, 1.807) is 0 Å². The van der Waals surface area contributed by atoms with Crippen LogP contribution in [0.15, 0.2) is 0 Å². The molecule has 5 atom stereocenters. The van der Waals surface area contributed by atoms with Gasteiger partial charge >= 0.3 is 0 Å². The van der Waals surface area contributed by atoms with Gasteiger partial charge in [0.05, 0.1) is 11.2 Å². The van der Waals surface area contributed by atoms with Crippen molar-refractivity contribution in [2.24, 2.45) is 22.7 Å². The van der Waals surface area contributed by atoms with E-state index >= 15 is 0 Å². The topological polar surface area (TPSA) is 57.5 Å². The van der Waals surface area contributed by atoms with Crippen LogP contribution in [0.25, 0.3) is 0 Å². The summed E-state index contributed by atoms with van der Waals surface area (Å²) < 4.78 is 0. The van der Waals surface area contributed by atoms with Crippen LogP contribution in [-0.2, 0) is 4.79 Å². The summed E-state index contributed by atoms with van der Waals surface area (Å²) in [6, 6.07) is 0. The summed E-state index contributed by atoms with van der Waals surface area (Å²) in [7, 11) is 0. The first kappa shape index (κ1) is 12.6. The van der Waals surface area contributed by atoms with Crippen molar-refractivity contribution < 1.29 is 15.0 Å². The van der Waals surface area contributed by atoms with Crippen LogP contribution < -0.4 is 0 Å². The monoisotopic (exact) mass is 252 g/mol. The van der Waals surface area contributed by atoms with Crippen LogP contribution in [0, 0.1) is 22.7 Å². The fourth-order valence-corrected chi connectivity index (χ4v) is 5.48. The summed E-state index contributed by atoms with van der Waals surface area (Å²) in [4.78, 5) is 12.0. The lowest BCUT2D eigenvalue weighted by Crippen LogP contribution is -2.44. The molecule has 0 aromatic carbocycles. The fraction of sp³-hybridized carbons (Fsp3) is 0.933. The lowest BCUT2D eigenvalue weighted by atomic mass is 9.66. The highest BCUT2D eigenvalue weighted by atomic mass is 16.3. The average Bonchev–Trinajstić information content (AvgIpc) is 2.57. The second-order valence-electron chi connectivity index (χ2n) is 8.06. The minimum atomic E-state index is -0.987. The van der Waals surface area contributed by atoms with Crippen LogP contribution in [0.4, 0.5) is 0 Å². The molecule has 0 saturated heterocycles. The van der Waals surface area contributed by atoms with E-state index < -0.39 is 16.6 Å². The molecule has 0 bridgehead atoms. The SMILES string of the molecule is C[C@H]1C(=O)C[C@]2(O)C[C@@]3(O)CC(C)(C)C[C@H]3[C@]12C. The van der Waals surface area contributed by atoms with Crippen LogP contribution in [-0.4, -0.2) is 27.2 Å². The molecule has 3 aliphatic rings. The highest BCUT2D eigenvalue weighted by Gasteiger charge is 2.75. The number of rotatable bonds is 0. The van der Waals surface area contributed by atoms with Crippen LogP contribution >= 0.6 is 0 Å². The van der Waals surface area contributed by atoms with Crippen molar-refractivity contribution in [2.75, 3.05) is 0 Å². The Balaban J connectivity index is 2.09. The molecule has 3 saturated carbocycles. The van der Waals surface area contributed by atoms with Gasteiger partial charge in [0.25, 0.3) is 0 Å². The van der Waals surface area contributed by atoms with Crippen LogP contribution in [0.3, 0.4) is 0 Å². The Morgan fingerprint density at radius 2 is 1.78 bits per heavy atom. The molecule has 3 rings (SSSR count). The zero-order valence-electron chi connectivity index (χ0n) is 11.8. The van der Waals surface area contributed by atoms with E-state index in [-0.39, 0.29) is 29.5 Å². The fourth-order valence-electron chi connectivity index (χ4n) is 5.48. The van der Waals surface area contributed by atoms with E-state index in [1.165, 1.54) is 0 Å². The molecule has 0 unspecified atom stereocenters. The lowest BCUT2D eigenvalue weighted by molar-refractivity contribution is -0.123. The van der Waals surface area contributed by atoms with Gasteiger partial charge in [-0.05, 0) is 24.2 Å². The minimum Gasteiger partial charge on any atom is -0.389 e. The Morgan fingerprint density at radius 1 is 1.17 bits per heavy atom. The van der Waals surface area contributed by atoms with Gasteiger partial charge in [0.2, 0.25) is 0 Å². The third-order valence-electron chi connectivity index (χ3n) is 6.36. The minimum absolute atomic E-state index is 0.0476. The smallest absolute Gasteiger partial charge is 0.139 e. The normalized spacial score (nSPS) is 57.8. The zero-order valence-corrected chi connectivity index (χ0v) is 11.8. The molecular weight excluding hydrogens is 228 g/mol. The predicted molar refractivity (Wildman–Crippen MR) is 67.9 cm³/mol. The van der Waals surface area contributed by atoms with E-state index in [4.69, 9.17) is 0 Å². The number of hydrogen-bond acceptors (Lipinski definition) is 3. The van der Waals surface area contributed by atoms with Gasteiger partial charge in [-0.25, -0.2) is 0 Å². The van der Waals surface area contributed by atoms with E-state index in [2.05, 4.69) is 13.8 Å². The molecule has 0 spiro atoms. The Morgan fingerprint density at radius 3 is 2.39 bits per heavy atom. The first-order valence-corrected chi connectivity index (χ1v) is 7.02. The summed E-state index contributed by atoms with van der Waals surface area (Å²) in [5.41, 5.74) is -2.11. The van der Waals surface area contributed by atoms with Crippen molar-refractivity contribution in [2.45, 2.75) is 64.6 Å². The summed E-state index contributed by atoms with van der Waals surface area (Å²) in [5, 5.41) is 21.8. The number of aliphatic hydroxyl groups is 2. The highest BCUT2D eigenvalue weighted by Crippen LogP contribution is 2.71. The van der Waals surface area contributed by atoms with Gasteiger partial charge in [0.15, 0.2) is 0 Å². The van der Waals surface area contributed by atoms with Gasteiger partial charge < -0.3 is 10.2 Å². The van der Waals surface area contributed by atoms with E-state index in [0.29, 0.717) is 6.42 Å². The summed E-state index contributed by atoms with van der Waals surface area (Å²) in [6.07, 6.45) is 2.24. The van der Waals surface area contributed by atoms with Gasteiger partial charge in [0, 0.05) is 24.2 Å². The molecular formula is C15H24O3. The van der Waals surface area contributed by atoms with Crippen molar-refractivity contribution in [3.8, 4) is 0 Å². The van der Waals surface area contributed by atoms with Crippen LogP contribution in [0.5, 0.6) is 0 Å². The van der Waals surface area contributed by atoms with Gasteiger partial charge in [-0.2, -0.15) is 0 Å². The molecule has 3 fully saturated rings. The largest absolute Gasteiger partial charge is 0.389 e. The second kappa shape index (κ2) is 3.01. The standard InChI is InChI=1S/C15H24O3/c1-9-10(16)5-15(18)8-14(17)7-12(2,3)6-11(14)13(9,15)4/h9,11,17-18H,5-8H2,1-4H3/t9-,11-,13-,14-,15-/m0/s1. The summed E-state index contributed by atoms with van der Waals surface area (Å²) >= 11 is 0. The molecule has 0 radical (unpaired) electrons. The van der Waals surface area contributed by atoms with Crippen LogP contribution in [0.2, 0.25) is 0 Å². The Labute approximate surface area is 109 Å². The number of ketones is 1. The quantitative estimate of drug-likeness (QED) is 0.692. The van der Waals surface area contributed by atoms with Crippen molar-refractivity contribution in [3.63, 3.8) is 0 Å². The molecule has 0 aromatic rings. The third kappa shape index (κ3) is 1.20. The maximum atomic E-state index is 12.0. The maximum Gasteiger partial charge on any atom is 0.139 e. The Kier molecular flexibility index (Phi) is 2.11. The van der Waals surface area contributed by atoms with E-state index in [9.17, 15) is 15.0 Å². The zero-order chi connectivity index (χ0) is 13.6. The molecule has 0 aromatic heterocycles. The molecule has 0 heterocycles. The first-order chi connectivity index (χ1) is 8.04. The van der Waals surface area contributed by atoms with Crippen molar-refractivity contribution in [3.05, 3.63) is 0 Å². The van der Waals surface area contributed by atoms with Crippen molar-refractivity contribution >= 4 is 5.78 Å². The van der Waals surface area contributed by atoms with E-state index in [1.807, 2.05) is 13.8 Å². The molecule has 18 heavy (non-hydrogen) atoms. The molecule has 0 amide bonds. The van der Waals surface area contributed by atoms with E-state index in [0.717, 1.165) is 12.8 Å². The number of carbonyl (C=O) groups excluding carboxylic acids is 1. The molecule has 0 aliphatic heterocycles. The van der Waals surface area contributed by atoms with Gasteiger partial charge in [-0.15, -0.1) is 0 Å². The van der Waals surface area contributed by atoms with Crippen LogP contribution in [0.1, 0.15) is 53.4 Å². The molecule has 102 valence electrons. The second-order valence-corrected chi connectivity index (χ2v) is 8.06. The summed E-state index contributed by atoms with van der Waals surface area (Å²) in [6.45, 7) is 8.30. The molecule has 2 N–H and O–H groups in total. The Bertz CT molecular complexity index is 429. The van der Waals surface area contributed by atoms with Gasteiger partial charge in [-0.1, -0.05) is 27.7 Å². The van der Waals surface area contributed by atoms with Crippen molar-refractivity contribution in [1.29, 1.82) is 0 Å². The molecule has 3 aliphatic carbocycles. The number of fused-ring (bicyclic) bond motifs is 3. The molecule has 3 nitrogen and oxygen atoms in total. The number of Topliss-reactive ketones (excluding diaryl/α,β-unsaturated/α-hetero) is 1. The molecule has 3 heteroatoms. The number of carbonyl (C=O) groups is 1. The Hall–Kier alpha value is -0.410. The highest BCUT2D eigenvalue weighted by molar-refractivity contribution is 5.86. The number of hydrogen-bond donors (Lipinski definition) is 2. The average molecular weight is 252 g/mol. The van der Waals surface area contributed by atoms with Gasteiger partial charge in [-0.3, -0.25) is 4.79 Å². The van der Waals surface area contributed by atoms with Crippen molar-refractivity contribution in [1.82, 2.24) is 0 Å². The first-order valence-electron chi connectivity index (χ1n) is 7.02. The third-order valence-corrected chi connectivity index (χ3v) is 6.36. The summed E-state index contributed by atoms with van der Waals surface area (Å²) in [5.74, 6) is 0.0635.